The normalized spacial score (nSPS) is 13.4. The SMILES string of the molecule is CC(C)(C)c1ccc2c3ccc(C(C)(C)C)cc3n(-c3cc(-c4c(F)c(F)cc(F)c4F)cc(-n4c5cc(C(C)(C)C)ccc5c5ccc(C(C)(C)C)cc54)c3C(F)(F)F)c2c1. The zero-order valence-electron chi connectivity index (χ0n) is 37.2. The number of aromatic nitrogens is 2. The Morgan fingerprint density at radius 1 is 0.371 bits per heavy atom. The van der Waals surface area contributed by atoms with Crippen LogP contribution in [0.15, 0.2) is 91.0 Å². The third-order valence-electron chi connectivity index (χ3n) is 12.3. The van der Waals surface area contributed by atoms with E-state index in [0.717, 1.165) is 34.4 Å². The van der Waals surface area contributed by atoms with Crippen LogP contribution < -0.4 is 0 Å². The van der Waals surface area contributed by atoms with Crippen LogP contribution in [0.5, 0.6) is 0 Å². The minimum absolute atomic E-state index is 0.101. The molecule has 6 aromatic carbocycles. The number of hydrogen-bond acceptors (Lipinski definition) is 0. The van der Waals surface area contributed by atoms with E-state index in [1.165, 1.54) is 9.13 Å². The monoisotopic (exact) mass is 848 g/mol. The van der Waals surface area contributed by atoms with E-state index in [9.17, 15) is 0 Å². The molecule has 0 aliphatic rings. The van der Waals surface area contributed by atoms with Crippen molar-refractivity contribution in [2.75, 3.05) is 0 Å². The first-order valence-electron chi connectivity index (χ1n) is 20.8. The molecular weight excluding hydrogens is 798 g/mol. The molecule has 62 heavy (non-hydrogen) atoms. The van der Waals surface area contributed by atoms with Crippen LogP contribution >= 0.6 is 0 Å². The van der Waals surface area contributed by atoms with Gasteiger partial charge in [0.1, 0.15) is 5.56 Å². The second-order valence-electron chi connectivity index (χ2n) is 20.8. The summed E-state index contributed by atoms with van der Waals surface area (Å²) in [5.41, 5.74) is -0.240. The lowest BCUT2D eigenvalue weighted by atomic mass is 9.86. The van der Waals surface area contributed by atoms with Crippen LogP contribution in [0.25, 0.3) is 66.1 Å². The Balaban J connectivity index is 1.68. The van der Waals surface area contributed by atoms with Crippen LogP contribution in [-0.4, -0.2) is 9.13 Å². The van der Waals surface area contributed by atoms with Gasteiger partial charge in [0.05, 0.1) is 39.0 Å². The van der Waals surface area contributed by atoms with Crippen molar-refractivity contribution in [1.29, 1.82) is 0 Å². The Morgan fingerprint density at radius 2 is 0.645 bits per heavy atom. The van der Waals surface area contributed by atoms with E-state index in [2.05, 4.69) is 0 Å². The molecule has 8 rings (SSSR count). The molecule has 0 aliphatic carbocycles. The highest BCUT2D eigenvalue weighted by Gasteiger charge is 2.40. The minimum atomic E-state index is -5.09. The molecule has 0 fully saturated rings. The van der Waals surface area contributed by atoms with Gasteiger partial charge in [0.15, 0.2) is 23.3 Å². The number of nitrogens with zero attached hydrogens (tertiary/aromatic N) is 2. The molecule has 9 heteroatoms. The second kappa shape index (κ2) is 14.0. The van der Waals surface area contributed by atoms with Gasteiger partial charge >= 0.3 is 6.18 Å². The van der Waals surface area contributed by atoms with Gasteiger partial charge in [-0.15, -0.1) is 0 Å². The summed E-state index contributed by atoms with van der Waals surface area (Å²) >= 11 is 0. The van der Waals surface area contributed by atoms with Gasteiger partial charge in [0.2, 0.25) is 0 Å². The number of benzene rings is 6. The molecule has 0 radical (unpaired) electrons. The van der Waals surface area contributed by atoms with E-state index < -0.39 is 79.2 Å². The van der Waals surface area contributed by atoms with Crippen LogP contribution in [0.2, 0.25) is 0 Å². The Labute approximate surface area is 358 Å². The van der Waals surface area contributed by atoms with Crippen LogP contribution in [-0.2, 0) is 27.8 Å². The molecular formula is C53H51F7N2. The van der Waals surface area contributed by atoms with E-state index >= 15 is 30.7 Å². The maximum atomic E-state index is 16.7. The molecule has 2 nitrogen and oxygen atoms in total. The predicted octanol–water partition coefficient (Wildman–Crippen LogP) is 16.3. The standard InChI is InChI=1S/C53H51F7N2/c1-49(2,3)29-13-17-33-34-18-14-30(50(4,5)6)24-40(34)61(39(33)23-29)43-21-28(45-47(56)37(54)27-38(55)48(45)57)22-44(46(43)53(58,59)60)62-41-25-31(51(7,8)9)15-19-35(41)36-20-16-32(26-42(36)62)52(10,11)12/h13-27H,1-12H3. The van der Waals surface area contributed by atoms with Crippen molar-refractivity contribution in [3.05, 3.63) is 142 Å². The molecule has 0 spiro atoms. The van der Waals surface area contributed by atoms with Crippen molar-refractivity contribution in [2.45, 2.75) is 111 Å². The molecule has 0 saturated heterocycles. The lowest BCUT2D eigenvalue weighted by molar-refractivity contribution is -0.137. The fraction of sp³-hybridized carbons (Fsp3) is 0.321. The highest BCUT2D eigenvalue weighted by Crippen LogP contribution is 2.48. The Hall–Kier alpha value is -5.57. The zero-order valence-corrected chi connectivity index (χ0v) is 37.2. The van der Waals surface area contributed by atoms with Gasteiger partial charge in [-0.3, -0.25) is 0 Å². The molecule has 0 N–H and O–H groups in total. The van der Waals surface area contributed by atoms with Crippen molar-refractivity contribution in [2.24, 2.45) is 0 Å². The molecule has 0 atom stereocenters. The highest BCUT2D eigenvalue weighted by atomic mass is 19.4. The summed E-state index contributed by atoms with van der Waals surface area (Å²) in [6.07, 6.45) is -5.09. The third-order valence-corrected chi connectivity index (χ3v) is 12.3. The smallest absolute Gasteiger partial charge is 0.309 e. The summed E-state index contributed by atoms with van der Waals surface area (Å²) in [4.78, 5) is 0. The first-order valence-corrected chi connectivity index (χ1v) is 20.8. The molecule has 8 aromatic rings. The first-order chi connectivity index (χ1) is 28.6. The fourth-order valence-electron chi connectivity index (χ4n) is 8.65. The largest absolute Gasteiger partial charge is 0.420 e. The average molecular weight is 849 g/mol. The Kier molecular flexibility index (Phi) is 9.71. The van der Waals surface area contributed by atoms with Crippen LogP contribution in [0.1, 0.15) is 111 Å². The predicted molar refractivity (Wildman–Crippen MR) is 240 cm³/mol. The van der Waals surface area contributed by atoms with Crippen LogP contribution in [0.3, 0.4) is 0 Å². The van der Waals surface area contributed by atoms with Crippen molar-refractivity contribution >= 4 is 43.6 Å². The summed E-state index contributed by atoms with van der Waals surface area (Å²) in [5.74, 6) is -6.80. The summed E-state index contributed by atoms with van der Waals surface area (Å²) in [7, 11) is 0. The quantitative estimate of drug-likeness (QED) is 0.124. The van der Waals surface area contributed by atoms with Gasteiger partial charge in [-0.05, 0) is 85.9 Å². The van der Waals surface area contributed by atoms with E-state index in [4.69, 9.17) is 0 Å². The second-order valence-corrected chi connectivity index (χ2v) is 20.8. The third kappa shape index (κ3) is 7.05. The summed E-state index contributed by atoms with van der Waals surface area (Å²) in [6.45, 7) is 24.0. The molecule has 0 aliphatic heterocycles. The summed E-state index contributed by atoms with van der Waals surface area (Å²) in [5, 5.41) is 2.63. The molecule has 322 valence electrons. The van der Waals surface area contributed by atoms with Crippen molar-refractivity contribution in [3.8, 4) is 22.5 Å². The number of alkyl halides is 3. The number of hydrogen-bond donors (Lipinski definition) is 0. The van der Waals surface area contributed by atoms with Crippen molar-refractivity contribution in [3.63, 3.8) is 0 Å². The van der Waals surface area contributed by atoms with Gasteiger partial charge in [0.25, 0.3) is 0 Å². The fourth-order valence-corrected chi connectivity index (χ4v) is 8.65. The van der Waals surface area contributed by atoms with Crippen molar-refractivity contribution < 1.29 is 30.7 Å². The van der Waals surface area contributed by atoms with Gasteiger partial charge in [-0.1, -0.05) is 132 Å². The highest BCUT2D eigenvalue weighted by molar-refractivity contribution is 6.11. The molecule has 0 saturated carbocycles. The molecule has 0 amide bonds. The maximum Gasteiger partial charge on any atom is 0.420 e. The molecule has 0 bridgehead atoms. The molecule has 2 aromatic heterocycles. The van der Waals surface area contributed by atoms with Gasteiger partial charge in [0, 0.05) is 27.6 Å². The van der Waals surface area contributed by atoms with E-state index in [0.29, 0.717) is 43.6 Å². The summed E-state index contributed by atoms with van der Waals surface area (Å²) in [6, 6.07) is 24.9. The summed E-state index contributed by atoms with van der Waals surface area (Å²) < 4.78 is 116. The number of rotatable bonds is 3. The molecule has 2 heterocycles. The Morgan fingerprint density at radius 3 is 0.887 bits per heavy atom. The van der Waals surface area contributed by atoms with Crippen molar-refractivity contribution in [1.82, 2.24) is 9.13 Å². The lowest BCUT2D eigenvalue weighted by Gasteiger charge is -2.25. The maximum absolute atomic E-state index is 16.7. The zero-order chi connectivity index (χ0) is 45.4. The van der Waals surface area contributed by atoms with Gasteiger partial charge in [-0.2, -0.15) is 13.2 Å². The Bertz CT molecular complexity index is 2790. The number of halogens is 7. The number of fused-ring (bicyclic) bond motifs is 6. The van der Waals surface area contributed by atoms with Gasteiger partial charge in [-0.25, -0.2) is 17.6 Å². The minimum Gasteiger partial charge on any atom is -0.309 e. The van der Waals surface area contributed by atoms with E-state index in [1.54, 1.807) is 0 Å². The molecule has 0 unspecified atom stereocenters. The van der Waals surface area contributed by atoms with Crippen LogP contribution in [0, 0.1) is 23.3 Å². The average Bonchev–Trinajstić information content (AvgIpc) is 3.66. The topological polar surface area (TPSA) is 9.86 Å². The first kappa shape index (κ1) is 43.1. The van der Waals surface area contributed by atoms with Gasteiger partial charge < -0.3 is 9.13 Å². The lowest BCUT2D eigenvalue weighted by Crippen LogP contribution is -2.17. The van der Waals surface area contributed by atoms with E-state index in [1.807, 2.05) is 156 Å². The van der Waals surface area contributed by atoms with E-state index in [-0.39, 0.29) is 6.07 Å². The van der Waals surface area contributed by atoms with Crippen LogP contribution in [0.4, 0.5) is 30.7 Å².